The molecule has 0 aliphatic carbocycles. The number of aromatic nitrogens is 1. The van der Waals surface area contributed by atoms with Crippen LogP contribution in [0, 0.1) is 0 Å². The van der Waals surface area contributed by atoms with Gasteiger partial charge in [0.05, 0.1) is 26.9 Å². The SMILES string of the molecule is CC(C)OC(=O)C1CCCCn2c(C(=O)c3ccc(Cl)s3)ccc21. The van der Waals surface area contributed by atoms with E-state index in [0.717, 1.165) is 31.5 Å². The van der Waals surface area contributed by atoms with Crippen molar-refractivity contribution < 1.29 is 14.3 Å². The number of rotatable bonds is 4. The van der Waals surface area contributed by atoms with Crippen LogP contribution in [-0.2, 0) is 16.1 Å². The molecule has 0 N–H and O–H groups in total. The minimum absolute atomic E-state index is 0.0453. The maximum atomic E-state index is 12.8. The Balaban J connectivity index is 1.94. The highest BCUT2D eigenvalue weighted by Crippen LogP contribution is 2.32. The number of hydrogen-bond donors (Lipinski definition) is 0. The third-order valence-corrected chi connectivity index (χ3v) is 5.39. The number of nitrogens with zero attached hydrogens (tertiary/aromatic N) is 1. The first-order valence-electron chi connectivity index (χ1n) is 8.17. The van der Waals surface area contributed by atoms with Crippen LogP contribution in [0.4, 0.5) is 0 Å². The highest BCUT2D eigenvalue weighted by molar-refractivity contribution is 7.18. The molecular weight excluding hydrogens is 346 g/mol. The number of carbonyl (C=O) groups is 2. The van der Waals surface area contributed by atoms with Crippen LogP contribution in [0.1, 0.15) is 60.1 Å². The third-order valence-electron chi connectivity index (χ3n) is 4.16. The zero-order valence-electron chi connectivity index (χ0n) is 13.8. The van der Waals surface area contributed by atoms with Gasteiger partial charge >= 0.3 is 5.97 Å². The van der Waals surface area contributed by atoms with Crippen LogP contribution in [0.5, 0.6) is 0 Å². The van der Waals surface area contributed by atoms with Crippen LogP contribution in [0.25, 0.3) is 0 Å². The smallest absolute Gasteiger partial charge is 0.315 e. The van der Waals surface area contributed by atoms with E-state index in [1.807, 2.05) is 30.5 Å². The molecule has 0 fully saturated rings. The number of esters is 1. The van der Waals surface area contributed by atoms with Gasteiger partial charge in [-0.05, 0) is 51.0 Å². The summed E-state index contributed by atoms with van der Waals surface area (Å²) < 4.78 is 7.99. The first-order chi connectivity index (χ1) is 11.5. The van der Waals surface area contributed by atoms with Crippen molar-refractivity contribution in [3.63, 3.8) is 0 Å². The second-order valence-electron chi connectivity index (χ2n) is 6.26. The first kappa shape index (κ1) is 17.2. The fourth-order valence-electron chi connectivity index (χ4n) is 3.12. The minimum Gasteiger partial charge on any atom is -0.462 e. The van der Waals surface area contributed by atoms with Crippen molar-refractivity contribution in [2.75, 3.05) is 0 Å². The van der Waals surface area contributed by atoms with Crippen LogP contribution in [0.3, 0.4) is 0 Å². The van der Waals surface area contributed by atoms with Crippen LogP contribution in [0.15, 0.2) is 24.3 Å². The quantitative estimate of drug-likeness (QED) is 0.585. The lowest BCUT2D eigenvalue weighted by atomic mass is 10.00. The van der Waals surface area contributed by atoms with Crippen molar-refractivity contribution in [2.24, 2.45) is 0 Å². The molecule has 0 bridgehead atoms. The number of carbonyl (C=O) groups excluding carboxylic acids is 2. The Labute approximate surface area is 150 Å². The highest BCUT2D eigenvalue weighted by Gasteiger charge is 2.30. The third kappa shape index (κ3) is 3.42. The van der Waals surface area contributed by atoms with Crippen LogP contribution in [-0.4, -0.2) is 22.4 Å². The predicted octanol–water partition coefficient (Wildman–Crippen LogP) is 4.65. The lowest BCUT2D eigenvalue weighted by Gasteiger charge is -2.17. The summed E-state index contributed by atoms with van der Waals surface area (Å²) in [4.78, 5) is 25.8. The van der Waals surface area contributed by atoms with E-state index in [4.69, 9.17) is 16.3 Å². The fourth-order valence-corrected chi connectivity index (χ4v) is 4.11. The van der Waals surface area contributed by atoms with Gasteiger partial charge in [-0.25, -0.2) is 0 Å². The summed E-state index contributed by atoms with van der Waals surface area (Å²) in [5.74, 6) is -0.552. The standard InChI is InChI=1S/C18H20ClNO3S/c1-11(2)23-18(22)12-5-3-4-10-20-13(12)6-7-14(20)17(21)15-8-9-16(19)24-15/h6-9,11-12H,3-5,10H2,1-2H3. The Hall–Kier alpha value is -1.59. The predicted molar refractivity (Wildman–Crippen MR) is 95.0 cm³/mol. The Kier molecular flexibility index (Phi) is 5.11. The molecule has 0 radical (unpaired) electrons. The molecule has 24 heavy (non-hydrogen) atoms. The molecule has 1 aliphatic heterocycles. The molecule has 1 aliphatic rings. The van der Waals surface area contributed by atoms with Gasteiger partial charge in [-0.15, -0.1) is 11.3 Å². The first-order valence-corrected chi connectivity index (χ1v) is 9.36. The maximum Gasteiger partial charge on any atom is 0.315 e. The number of halogens is 1. The molecular formula is C18H20ClNO3S. The van der Waals surface area contributed by atoms with E-state index >= 15 is 0 Å². The molecule has 128 valence electrons. The summed E-state index contributed by atoms with van der Waals surface area (Å²) in [5.41, 5.74) is 1.50. The molecule has 1 atom stereocenters. The Morgan fingerprint density at radius 1 is 1.25 bits per heavy atom. The van der Waals surface area contributed by atoms with E-state index < -0.39 is 0 Å². The number of hydrogen-bond acceptors (Lipinski definition) is 4. The number of fused-ring (bicyclic) bond motifs is 1. The Bertz CT molecular complexity index is 762. The molecule has 0 aromatic carbocycles. The lowest BCUT2D eigenvalue weighted by Crippen LogP contribution is -2.21. The Morgan fingerprint density at radius 2 is 2.04 bits per heavy atom. The molecule has 0 saturated carbocycles. The molecule has 4 nitrogen and oxygen atoms in total. The molecule has 6 heteroatoms. The number of ether oxygens (including phenoxy) is 1. The van der Waals surface area contributed by atoms with E-state index in [1.54, 1.807) is 12.1 Å². The second kappa shape index (κ2) is 7.11. The maximum absolute atomic E-state index is 12.8. The van der Waals surface area contributed by atoms with Crippen molar-refractivity contribution in [1.29, 1.82) is 0 Å². The average Bonchev–Trinajstić information content (AvgIpc) is 3.07. The molecule has 0 saturated heterocycles. The number of thiophene rings is 1. The minimum atomic E-state index is -0.302. The van der Waals surface area contributed by atoms with Gasteiger partial charge in [-0.2, -0.15) is 0 Å². The van der Waals surface area contributed by atoms with Gasteiger partial charge in [0.2, 0.25) is 5.78 Å². The molecule has 0 amide bonds. The van der Waals surface area contributed by atoms with Gasteiger partial charge in [0.1, 0.15) is 0 Å². The van der Waals surface area contributed by atoms with E-state index in [-0.39, 0.29) is 23.8 Å². The lowest BCUT2D eigenvalue weighted by molar-refractivity contribution is -0.149. The molecule has 2 aromatic rings. The highest BCUT2D eigenvalue weighted by atomic mass is 35.5. The topological polar surface area (TPSA) is 48.3 Å². The van der Waals surface area contributed by atoms with Crippen LogP contribution in [0.2, 0.25) is 4.34 Å². The van der Waals surface area contributed by atoms with Gasteiger partial charge in [0.15, 0.2) is 0 Å². The van der Waals surface area contributed by atoms with Gasteiger partial charge in [-0.3, -0.25) is 9.59 Å². The summed E-state index contributed by atoms with van der Waals surface area (Å²) in [6.07, 6.45) is 2.50. The summed E-state index contributed by atoms with van der Waals surface area (Å²) in [7, 11) is 0. The van der Waals surface area contributed by atoms with Crippen molar-refractivity contribution in [3.05, 3.63) is 44.9 Å². The molecule has 1 unspecified atom stereocenters. The molecule has 3 rings (SSSR count). The normalized spacial score (nSPS) is 17.4. The zero-order chi connectivity index (χ0) is 17.3. The summed E-state index contributed by atoms with van der Waals surface area (Å²) in [5, 5.41) is 0. The van der Waals surface area contributed by atoms with Gasteiger partial charge in [-0.1, -0.05) is 18.0 Å². The van der Waals surface area contributed by atoms with Gasteiger partial charge in [0.25, 0.3) is 0 Å². The zero-order valence-corrected chi connectivity index (χ0v) is 15.3. The summed E-state index contributed by atoms with van der Waals surface area (Å²) in [6, 6.07) is 7.18. The van der Waals surface area contributed by atoms with Gasteiger partial charge in [0, 0.05) is 12.2 Å². The van der Waals surface area contributed by atoms with Crippen molar-refractivity contribution in [2.45, 2.75) is 51.7 Å². The summed E-state index contributed by atoms with van der Waals surface area (Å²) in [6.45, 7) is 4.44. The van der Waals surface area contributed by atoms with Crippen molar-refractivity contribution >= 4 is 34.7 Å². The number of ketones is 1. The van der Waals surface area contributed by atoms with Gasteiger partial charge < -0.3 is 9.30 Å². The fraction of sp³-hybridized carbons (Fsp3) is 0.444. The van der Waals surface area contributed by atoms with Crippen LogP contribution < -0.4 is 0 Å². The van der Waals surface area contributed by atoms with Crippen molar-refractivity contribution in [1.82, 2.24) is 4.57 Å². The van der Waals surface area contributed by atoms with Crippen molar-refractivity contribution in [3.8, 4) is 0 Å². The van der Waals surface area contributed by atoms with Crippen LogP contribution >= 0.6 is 22.9 Å². The molecule has 3 heterocycles. The second-order valence-corrected chi connectivity index (χ2v) is 7.98. The van der Waals surface area contributed by atoms with E-state index in [9.17, 15) is 9.59 Å². The summed E-state index contributed by atoms with van der Waals surface area (Å²) >= 11 is 7.22. The molecule has 0 spiro atoms. The largest absolute Gasteiger partial charge is 0.462 e. The monoisotopic (exact) mass is 365 g/mol. The average molecular weight is 366 g/mol. The molecule has 2 aromatic heterocycles. The Morgan fingerprint density at radius 3 is 2.71 bits per heavy atom. The van der Waals surface area contributed by atoms with E-state index in [1.165, 1.54) is 11.3 Å². The van der Waals surface area contributed by atoms with E-state index in [2.05, 4.69) is 0 Å². The van der Waals surface area contributed by atoms with E-state index in [0.29, 0.717) is 14.9 Å².